The zero-order valence-corrected chi connectivity index (χ0v) is 12.7. The number of carbonyl (C=O) groups is 2. The van der Waals surface area contributed by atoms with E-state index < -0.39 is 5.97 Å². The maximum atomic E-state index is 11.6. The highest BCUT2D eigenvalue weighted by molar-refractivity contribution is 9.10. The van der Waals surface area contributed by atoms with E-state index in [1.54, 1.807) is 13.0 Å². The van der Waals surface area contributed by atoms with Crippen molar-refractivity contribution in [3.8, 4) is 5.75 Å². The average molecular weight is 342 g/mol. The van der Waals surface area contributed by atoms with Crippen LogP contribution in [0.4, 0.5) is 0 Å². The Kier molecular flexibility index (Phi) is 4.65. The van der Waals surface area contributed by atoms with Crippen molar-refractivity contribution in [2.75, 3.05) is 13.2 Å². The number of aryl methyl sites for hydroxylation is 1. The number of hydrogen-bond donors (Lipinski definition) is 2. The predicted octanol–water partition coefficient (Wildman–Crippen LogP) is 2.36. The van der Waals surface area contributed by atoms with Gasteiger partial charge in [0.1, 0.15) is 11.3 Å². The highest BCUT2D eigenvalue weighted by Crippen LogP contribution is 2.28. The second-order valence-electron chi connectivity index (χ2n) is 4.94. The predicted molar refractivity (Wildman–Crippen MR) is 77.1 cm³/mol. The topological polar surface area (TPSA) is 75.6 Å². The van der Waals surface area contributed by atoms with E-state index in [4.69, 9.17) is 9.84 Å². The summed E-state index contributed by atoms with van der Waals surface area (Å²) in [6, 6.07) is 3.22. The van der Waals surface area contributed by atoms with Crippen LogP contribution < -0.4 is 10.1 Å². The van der Waals surface area contributed by atoms with Gasteiger partial charge < -0.3 is 15.2 Å². The smallest absolute Gasteiger partial charge is 0.339 e. The van der Waals surface area contributed by atoms with Gasteiger partial charge >= 0.3 is 5.97 Å². The Balaban J connectivity index is 2.00. The SMILES string of the molecule is Cc1cc(Br)cc(C(=O)O)c1OCC(=O)NCC1CC1. The standard InChI is InChI=1S/C14H16BrNO4/c1-8-4-10(15)5-11(14(18)19)13(8)20-7-12(17)16-6-9-2-3-9/h4-5,9H,2-3,6-7H2,1H3,(H,16,17)(H,18,19). The molecule has 1 aliphatic carbocycles. The molecule has 1 aliphatic rings. The number of benzene rings is 1. The Morgan fingerprint density at radius 3 is 2.75 bits per heavy atom. The molecule has 2 N–H and O–H groups in total. The molecule has 2 rings (SSSR count). The van der Waals surface area contributed by atoms with E-state index in [-0.39, 0.29) is 23.8 Å². The molecule has 0 aromatic heterocycles. The van der Waals surface area contributed by atoms with Crippen molar-refractivity contribution in [1.82, 2.24) is 5.32 Å². The molecule has 20 heavy (non-hydrogen) atoms. The average Bonchev–Trinajstić information content (AvgIpc) is 3.18. The van der Waals surface area contributed by atoms with E-state index in [2.05, 4.69) is 21.2 Å². The quantitative estimate of drug-likeness (QED) is 0.832. The number of carbonyl (C=O) groups excluding carboxylic acids is 1. The zero-order valence-electron chi connectivity index (χ0n) is 11.1. The fourth-order valence-electron chi connectivity index (χ4n) is 1.85. The third kappa shape index (κ3) is 3.96. The maximum absolute atomic E-state index is 11.6. The fourth-order valence-corrected chi connectivity index (χ4v) is 2.42. The summed E-state index contributed by atoms with van der Waals surface area (Å²) in [6.07, 6.45) is 2.33. The first kappa shape index (κ1) is 14.8. The highest BCUT2D eigenvalue weighted by Gasteiger charge is 2.22. The number of carboxylic acid groups (broad SMARTS) is 1. The number of hydrogen-bond acceptors (Lipinski definition) is 3. The Hall–Kier alpha value is -1.56. The molecule has 108 valence electrons. The minimum Gasteiger partial charge on any atom is -0.483 e. The van der Waals surface area contributed by atoms with Gasteiger partial charge in [0.25, 0.3) is 5.91 Å². The summed E-state index contributed by atoms with van der Waals surface area (Å²) in [5.74, 6) is -0.469. The number of rotatable bonds is 6. The maximum Gasteiger partial charge on any atom is 0.339 e. The molecule has 1 saturated carbocycles. The normalized spacial score (nSPS) is 13.9. The zero-order chi connectivity index (χ0) is 14.7. The van der Waals surface area contributed by atoms with E-state index in [0.29, 0.717) is 22.5 Å². The second-order valence-corrected chi connectivity index (χ2v) is 5.86. The van der Waals surface area contributed by atoms with E-state index in [0.717, 1.165) is 12.8 Å². The first-order valence-corrected chi connectivity index (χ1v) is 7.19. The minimum absolute atomic E-state index is 0.0480. The van der Waals surface area contributed by atoms with Crippen LogP contribution in [0.1, 0.15) is 28.8 Å². The summed E-state index contributed by atoms with van der Waals surface area (Å²) < 4.78 is 6.05. The van der Waals surface area contributed by atoms with Crippen LogP contribution in [-0.2, 0) is 4.79 Å². The van der Waals surface area contributed by atoms with Crippen LogP contribution >= 0.6 is 15.9 Å². The Bertz CT molecular complexity index is 540. The van der Waals surface area contributed by atoms with Crippen molar-refractivity contribution in [3.05, 3.63) is 27.7 Å². The molecule has 0 heterocycles. The molecule has 5 nitrogen and oxygen atoms in total. The minimum atomic E-state index is -1.08. The van der Waals surface area contributed by atoms with Gasteiger partial charge in [0, 0.05) is 11.0 Å². The summed E-state index contributed by atoms with van der Waals surface area (Å²) in [4.78, 5) is 22.8. The molecule has 1 amide bonds. The van der Waals surface area contributed by atoms with Gasteiger partial charge in [-0.25, -0.2) is 4.79 Å². The fraction of sp³-hybridized carbons (Fsp3) is 0.429. The second kappa shape index (κ2) is 6.26. The molecule has 1 aromatic rings. The molecule has 0 unspecified atom stereocenters. The summed E-state index contributed by atoms with van der Waals surface area (Å²) in [7, 11) is 0. The molecule has 0 radical (unpaired) electrons. The summed E-state index contributed by atoms with van der Waals surface area (Å²) >= 11 is 3.25. The van der Waals surface area contributed by atoms with Crippen molar-refractivity contribution in [2.45, 2.75) is 19.8 Å². The Morgan fingerprint density at radius 2 is 2.15 bits per heavy atom. The van der Waals surface area contributed by atoms with Gasteiger partial charge in [-0.15, -0.1) is 0 Å². The number of aromatic carboxylic acids is 1. The van der Waals surface area contributed by atoms with Crippen LogP contribution in [0, 0.1) is 12.8 Å². The van der Waals surface area contributed by atoms with E-state index in [9.17, 15) is 9.59 Å². The van der Waals surface area contributed by atoms with Crippen molar-refractivity contribution < 1.29 is 19.4 Å². The molecule has 6 heteroatoms. The van der Waals surface area contributed by atoms with Gasteiger partial charge in [-0.05, 0) is 43.4 Å². The largest absolute Gasteiger partial charge is 0.483 e. The van der Waals surface area contributed by atoms with Crippen LogP contribution in [0.25, 0.3) is 0 Å². The summed E-state index contributed by atoms with van der Waals surface area (Å²) in [5.41, 5.74) is 0.721. The van der Waals surface area contributed by atoms with Crippen LogP contribution in [-0.4, -0.2) is 30.1 Å². The van der Waals surface area contributed by atoms with Crippen LogP contribution in [0.2, 0.25) is 0 Å². The van der Waals surface area contributed by atoms with Crippen LogP contribution in [0.3, 0.4) is 0 Å². The third-order valence-corrected chi connectivity index (χ3v) is 3.56. The van der Waals surface area contributed by atoms with Gasteiger partial charge in [0.2, 0.25) is 0 Å². The third-order valence-electron chi connectivity index (χ3n) is 3.10. The summed E-state index contributed by atoms with van der Waals surface area (Å²) in [6.45, 7) is 2.25. The van der Waals surface area contributed by atoms with Gasteiger partial charge in [-0.1, -0.05) is 15.9 Å². The number of nitrogens with one attached hydrogen (secondary N) is 1. The molecular formula is C14H16BrNO4. The van der Waals surface area contributed by atoms with Crippen molar-refractivity contribution >= 4 is 27.8 Å². The van der Waals surface area contributed by atoms with Gasteiger partial charge in [0.15, 0.2) is 6.61 Å². The number of amides is 1. The highest BCUT2D eigenvalue weighted by atomic mass is 79.9. The molecule has 1 aromatic carbocycles. The lowest BCUT2D eigenvalue weighted by molar-refractivity contribution is -0.123. The number of halogens is 1. The van der Waals surface area contributed by atoms with Crippen molar-refractivity contribution in [1.29, 1.82) is 0 Å². The molecule has 0 aliphatic heterocycles. The number of ether oxygens (including phenoxy) is 1. The van der Waals surface area contributed by atoms with Gasteiger partial charge in [-0.2, -0.15) is 0 Å². The van der Waals surface area contributed by atoms with Crippen LogP contribution in [0.15, 0.2) is 16.6 Å². The first-order chi connectivity index (χ1) is 9.47. The van der Waals surface area contributed by atoms with Gasteiger partial charge in [-0.3, -0.25) is 4.79 Å². The molecule has 0 atom stereocenters. The lowest BCUT2D eigenvalue weighted by atomic mass is 10.1. The molecule has 0 spiro atoms. The van der Waals surface area contributed by atoms with Crippen molar-refractivity contribution in [2.24, 2.45) is 5.92 Å². The first-order valence-electron chi connectivity index (χ1n) is 6.40. The molecular weight excluding hydrogens is 326 g/mol. The van der Waals surface area contributed by atoms with Gasteiger partial charge in [0.05, 0.1) is 0 Å². The molecule has 0 saturated heterocycles. The Morgan fingerprint density at radius 1 is 1.45 bits per heavy atom. The van der Waals surface area contributed by atoms with E-state index in [1.807, 2.05) is 0 Å². The van der Waals surface area contributed by atoms with Crippen LogP contribution in [0.5, 0.6) is 5.75 Å². The lowest BCUT2D eigenvalue weighted by Gasteiger charge is -2.12. The number of carboxylic acids is 1. The Labute approximate surface area is 125 Å². The van der Waals surface area contributed by atoms with E-state index in [1.165, 1.54) is 6.07 Å². The molecule has 0 bridgehead atoms. The lowest BCUT2D eigenvalue weighted by Crippen LogP contribution is -2.30. The monoisotopic (exact) mass is 341 g/mol. The van der Waals surface area contributed by atoms with Crippen molar-refractivity contribution in [3.63, 3.8) is 0 Å². The molecule has 1 fully saturated rings. The summed E-state index contributed by atoms with van der Waals surface area (Å²) in [5, 5.41) is 11.9. The van der Waals surface area contributed by atoms with E-state index >= 15 is 0 Å².